The van der Waals surface area contributed by atoms with Crippen molar-refractivity contribution in [1.82, 2.24) is 20.6 Å². The molecule has 0 aliphatic carbocycles. The molecule has 7 nitrogen and oxygen atoms in total. The van der Waals surface area contributed by atoms with Crippen LogP contribution in [0.25, 0.3) is 33.3 Å². The van der Waals surface area contributed by atoms with Crippen molar-refractivity contribution in [3.05, 3.63) is 46.6 Å². The number of benzene rings is 2. The summed E-state index contributed by atoms with van der Waals surface area (Å²) >= 11 is 0. The first-order valence-electron chi connectivity index (χ1n) is 7.14. The molecule has 0 atom stereocenters. The number of fused-ring (bicyclic) bond motifs is 2. The molecular weight excluding hydrogens is 319 g/mol. The minimum atomic E-state index is -0.0925. The molecule has 116 valence electrons. The fourth-order valence-corrected chi connectivity index (χ4v) is 2.52. The Labute approximate surface area is 158 Å². The van der Waals surface area contributed by atoms with Crippen LogP contribution < -0.4 is 10.2 Å². The number of nitrogens with zero attached hydrogens (tertiary/aromatic N) is 3. The number of H-pyrrole nitrogens is 1. The third-order valence-electron chi connectivity index (χ3n) is 3.57. The van der Waals surface area contributed by atoms with E-state index in [1.165, 1.54) is 0 Å². The number of ether oxygens (including phenoxy) is 1. The predicted octanol–water partition coefficient (Wildman–Crippen LogP) is 1.88. The van der Waals surface area contributed by atoms with Crippen LogP contribution in [0.5, 0.6) is 5.75 Å². The normalized spacial score (nSPS) is 10.7. The third-order valence-corrected chi connectivity index (χ3v) is 3.57. The number of rotatable bonds is 3. The second kappa shape index (κ2) is 6.72. The van der Waals surface area contributed by atoms with Gasteiger partial charge in [0.15, 0.2) is 5.82 Å². The zero-order valence-electron chi connectivity index (χ0n) is 12.2. The molecule has 0 saturated carbocycles. The van der Waals surface area contributed by atoms with E-state index in [4.69, 9.17) is 9.15 Å². The van der Waals surface area contributed by atoms with Crippen LogP contribution in [0.15, 0.2) is 45.6 Å². The minimum absolute atomic E-state index is 0. The summed E-state index contributed by atoms with van der Waals surface area (Å²) in [4.78, 5) is 12.7. The van der Waals surface area contributed by atoms with Crippen LogP contribution in [0.1, 0.15) is 6.92 Å². The Morgan fingerprint density at radius 1 is 1.12 bits per heavy atom. The molecule has 2 heterocycles. The van der Waals surface area contributed by atoms with Gasteiger partial charge in [0.1, 0.15) is 16.9 Å². The van der Waals surface area contributed by atoms with Crippen LogP contribution in [-0.4, -0.2) is 56.8 Å². The number of tetrazole rings is 1. The van der Waals surface area contributed by atoms with E-state index in [9.17, 15) is 4.79 Å². The van der Waals surface area contributed by atoms with Gasteiger partial charge < -0.3 is 9.15 Å². The van der Waals surface area contributed by atoms with Gasteiger partial charge in [-0.2, -0.15) is 0 Å². The topological polar surface area (TPSA) is 93.9 Å². The molecule has 0 aliphatic rings. The van der Waals surface area contributed by atoms with Gasteiger partial charge in [0.2, 0.25) is 5.43 Å². The average Bonchev–Trinajstić information content (AvgIpc) is 3.10. The fourth-order valence-electron chi connectivity index (χ4n) is 2.52. The summed E-state index contributed by atoms with van der Waals surface area (Å²) in [5.74, 6) is 1.16. The zero-order valence-corrected chi connectivity index (χ0v) is 12.2. The summed E-state index contributed by atoms with van der Waals surface area (Å²) in [5.41, 5.74) is 1.65. The van der Waals surface area contributed by atoms with Crippen molar-refractivity contribution in [3.63, 3.8) is 0 Å². The van der Waals surface area contributed by atoms with E-state index < -0.39 is 0 Å². The second-order valence-corrected chi connectivity index (χ2v) is 4.98. The maximum atomic E-state index is 12.7. The molecule has 4 aromatic rings. The number of nitrogens with one attached hydrogen (secondary N) is 1. The molecule has 1 N–H and O–H groups in total. The van der Waals surface area contributed by atoms with Gasteiger partial charge in [0, 0.05) is 5.56 Å². The molecule has 0 fully saturated rings. The number of hydrogen-bond donors (Lipinski definition) is 1. The van der Waals surface area contributed by atoms with E-state index in [1.807, 2.05) is 6.92 Å². The van der Waals surface area contributed by atoms with Gasteiger partial charge >= 0.3 is 29.6 Å². The van der Waals surface area contributed by atoms with Crippen molar-refractivity contribution in [1.29, 1.82) is 0 Å². The third kappa shape index (κ3) is 2.82. The average molecular weight is 332 g/mol. The van der Waals surface area contributed by atoms with Crippen LogP contribution in [-0.2, 0) is 0 Å². The molecule has 2 aromatic carbocycles. The number of aromatic nitrogens is 4. The maximum absolute atomic E-state index is 12.7. The van der Waals surface area contributed by atoms with E-state index in [0.29, 0.717) is 40.1 Å². The van der Waals surface area contributed by atoms with Crippen LogP contribution in [0.4, 0.5) is 0 Å². The number of aromatic amines is 1. The Morgan fingerprint density at radius 2 is 2.00 bits per heavy atom. The van der Waals surface area contributed by atoms with E-state index >= 15 is 0 Å². The van der Waals surface area contributed by atoms with Gasteiger partial charge in [-0.1, -0.05) is 6.07 Å². The van der Waals surface area contributed by atoms with E-state index in [0.717, 1.165) is 5.56 Å². The van der Waals surface area contributed by atoms with Crippen molar-refractivity contribution in [2.45, 2.75) is 6.92 Å². The molecule has 24 heavy (non-hydrogen) atoms. The molecule has 0 radical (unpaired) electrons. The quantitative estimate of drug-likeness (QED) is 0.455. The predicted molar refractivity (Wildman–Crippen MR) is 91.5 cm³/mol. The molecule has 0 unspecified atom stereocenters. The van der Waals surface area contributed by atoms with Crippen LogP contribution in [0, 0.1) is 0 Å². The van der Waals surface area contributed by atoms with Gasteiger partial charge in [0.25, 0.3) is 0 Å². The van der Waals surface area contributed by atoms with Crippen molar-refractivity contribution in [2.24, 2.45) is 0 Å². The Kier molecular flexibility index (Phi) is 4.66. The van der Waals surface area contributed by atoms with Gasteiger partial charge in [-0.25, -0.2) is 5.10 Å². The molecule has 0 spiro atoms. The van der Waals surface area contributed by atoms with Crippen molar-refractivity contribution < 1.29 is 9.15 Å². The van der Waals surface area contributed by atoms with E-state index in [2.05, 4.69) is 20.6 Å². The van der Waals surface area contributed by atoms with Gasteiger partial charge in [-0.05, 0) is 47.7 Å². The first-order chi connectivity index (χ1) is 11.3. The molecule has 2 aromatic heterocycles. The summed E-state index contributed by atoms with van der Waals surface area (Å²) in [6, 6.07) is 10.5. The summed E-state index contributed by atoms with van der Waals surface area (Å²) in [6.07, 6.45) is 0. The first-order valence-corrected chi connectivity index (χ1v) is 7.14. The molecular formula is C16H13N4NaO3. The molecule has 8 heteroatoms. The Balaban J connectivity index is 0.00000169. The first kappa shape index (κ1) is 16.6. The van der Waals surface area contributed by atoms with Crippen LogP contribution >= 0.6 is 0 Å². The van der Waals surface area contributed by atoms with Crippen molar-refractivity contribution >= 4 is 51.5 Å². The molecule has 0 amide bonds. The Bertz CT molecular complexity index is 1060. The standard InChI is InChI=1S/C16H12N4O3.Na.H/c1-2-22-10-4-6-13-12(8-10)15(21)11-5-3-9(7-14(11)23-13)16-17-19-20-18-16;;/h3-8H,2H2,1H3,(H,17,18,19,20);;. The SMILES string of the molecule is CCOc1ccc2oc3cc(-c4nnn[nH]4)ccc3c(=O)c2c1.[NaH]. The monoisotopic (exact) mass is 332 g/mol. The summed E-state index contributed by atoms with van der Waals surface area (Å²) in [7, 11) is 0. The fraction of sp³-hybridized carbons (Fsp3) is 0.125. The Hall–Kier alpha value is -2.22. The molecule has 4 rings (SSSR count). The van der Waals surface area contributed by atoms with Crippen molar-refractivity contribution in [3.8, 4) is 17.1 Å². The van der Waals surface area contributed by atoms with Gasteiger partial charge in [-0.15, -0.1) is 5.10 Å². The zero-order chi connectivity index (χ0) is 15.8. The van der Waals surface area contributed by atoms with Crippen LogP contribution in [0.3, 0.4) is 0 Å². The second-order valence-electron chi connectivity index (χ2n) is 4.98. The summed E-state index contributed by atoms with van der Waals surface area (Å²) in [6.45, 7) is 2.44. The molecule has 0 aliphatic heterocycles. The summed E-state index contributed by atoms with van der Waals surface area (Å²) < 4.78 is 11.3. The van der Waals surface area contributed by atoms with E-state index in [1.54, 1.807) is 36.4 Å². The number of hydrogen-bond acceptors (Lipinski definition) is 6. The Morgan fingerprint density at radius 3 is 2.75 bits per heavy atom. The molecule has 0 bridgehead atoms. The van der Waals surface area contributed by atoms with Crippen molar-refractivity contribution in [2.75, 3.05) is 6.61 Å². The van der Waals surface area contributed by atoms with Gasteiger partial charge in [-0.3, -0.25) is 4.79 Å². The van der Waals surface area contributed by atoms with E-state index in [-0.39, 0.29) is 35.0 Å². The van der Waals surface area contributed by atoms with Gasteiger partial charge in [0.05, 0.1) is 17.4 Å². The molecule has 0 saturated heterocycles. The van der Waals surface area contributed by atoms with Crippen LogP contribution in [0.2, 0.25) is 0 Å². The summed E-state index contributed by atoms with van der Waals surface area (Å²) in [5, 5.41) is 14.6.